The molecule has 132 valence electrons. The minimum absolute atomic E-state index is 0.0402. The van der Waals surface area contributed by atoms with Gasteiger partial charge in [0.1, 0.15) is 0 Å². The number of ether oxygens (including phenoxy) is 1. The third-order valence-electron chi connectivity index (χ3n) is 4.35. The standard InChI is InChI=1S/C16H21ClN2O4S/c17-15-6-5-12(19-7-1-2-9-24(19,21)22)10-14(15)16(20)18-11-13-4-3-8-23-13/h5-6,10,13H,1-4,7-9,11H2,(H,18,20)/t13-/m0/s1. The van der Waals surface area contributed by atoms with Crippen molar-refractivity contribution in [3.05, 3.63) is 28.8 Å². The lowest BCUT2D eigenvalue weighted by Gasteiger charge is -2.28. The van der Waals surface area contributed by atoms with E-state index in [0.29, 0.717) is 30.2 Å². The van der Waals surface area contributed by atoms with Gasteiger partial charge in [-0.15, -0.1) is 0 Å². The molecule has 0 unspecified atom stereocenters. The molecule has 2 heterocycles. The van der Waals surface area contributed by atoms with Crippen LogP contribution in [0.5, 0.6) is 0 Å². The molecule has 8 heteroatoms. The molecular formula is C16H21ClN2O4S. The van der Waals surface area contributed by atoms with Gasteiger partial charge in [0, 0.05) is 19.7 Å². The van der Waals surface area contributed by atoms with Crippen molar-refractivity contribution in [2.75, 3.05) is 29.8 Å². The van der Waals surface area contributed by atoms with Gasteiger partial charge in [0.05, 0.1) is 28.1 Å². The maximum atomic E-state index is 12.4. The van der Waals surface area contributed by atoms with E-state index in [1.165, 1.54) is 4.31 Å². The molecule has 2 aliphatic heterocycles. The van der Waals surface area contributed by atoms with E-state index in [1.807, 2.05) is 0 Å². The zero-order chi connectivity index (χ0) is 17.2. The molecule has 24 heavy (non-hydrogen) atoms. The first kappa shape index (κ1) is 17.5. The van der Waals surface area contributed by atoms with Gasteiger partial charge in [-0.25, -0.2) is 8.42 Å². The van der Waals surface area contributed by atoms with Crippen LogP contribution in [-0.2, 0) is 14.8 Å². The van der Waals surface area contributed by atoms with E-state index < -0.39 is 10.0 Å². The molecule has 0 bridgehead atoms. The molecule has 1 N–H and O–H groups in total. The number of nitrogens with one attached hydrogen (secondary N) is 1. The molecule has 1 amide bonds. The normalized spacial score (nSPS) is 23.2. The summed E-state index contributed by atoms with van der Waals surface area (Å²) in [6, 6.07) is 4.76. The van der Waals surface area contributed by atoms with Crippen LogP contribution in [0.4, 0.5) is 5.69 Å². The van der Waals surface area contributed by atoms with Crippen molar-refractivity contribution in [1.82, 2.24) is 5.32 Å². The number of halogens is 1. The van der Waals surface area contributed by atoms with E-state index >= 15 is 0 Å². The number of nitrogens with zero attached hydrogens (tertiary/aromatic N) is 1. The van der Waals surface area contributed by atoms with Crippen LogP contribution < -0.4 is 9.62 Å². The van der Waals surface area contributed by atoms with Crippen molar-refractivity contribution in [3.63, 3.8) is 0 Å². The first-order valence-electron chi connectivity index (χ1n) is 8.17. The second-order valence-electron chi connectivity index (χ2n) is 6.10. The molecular weight excluding hydrogens is 352 g/mol. The van der Waals surface area contributed by atoms with Crippen molar-refractivity contribution < 1.29 is 17.9 Å². The van der Waals surface area contributed by atoms with E-state index in [1.54, 1.807) is 18.2 Å². The van der Waals surface area contributed by atoms with Crippen molar-refractivity contribution in [3.8, 4) is 0 Å². The zero-order valence-corrected chi connectivity index (χ0v) is 14.9. The summed E-state index contributed by atoms with van der Waals surface area (Å²) in [5, 5.41) is 3.12. The van der Waals surface area contributed by atoms with Crippen LogP contribution in [-0.4, -0.2) is 45.9 Å². The third kappa shape index (κ3) is 3.84. The summed E-state index contributed by atoms with van der Waals surface area (Å²) in [5.74, 6) is -0.178. The predicted molar refractivity (Wildman–Crippen MR) is 93.1 cm³/mol. The maximum absolute atomic E-state index is 12.4. The molecule has 0 aromatic heterocycles. The Kier molecular flexibility index (Phi) is 5.32. The summed E-state index contributed by atoms with van der Waals surface area (Å²) in [4.78, 5) is 12.4. The fraction of sp³-hybridized carbons (Fsp3) is 0.562. The molecule has 1 aromatic carbocycles. The van der Waals surface area contributed by atoms with Crippen molar-refractivity contribution in [2.45, 2.75) is 31.8 Å². The number of hydrogen-bond donors (Lipinski definition) is 1. The largest absolute Gasteiger partial charge is 0.376 e. The monoisotopic (exact) mass is 372 g/mol. The quantitative estimate of drug-likeness (QED) is 0.878. The summed E-state index contributed by atoms with van der Waals surface area (Å²) < 4.78 is 31.3. The Morgan fingerprint density at radius 3 is 2.88 bits per heavy atom. The van der Waals surface area contributed by atoms with Crippen molar-refractivity contribution in [2.24, 2.45) is 0 Å². The Labute approximate surface area is 147 Å². The molecule has 0 radical (unpaired) electrons. The third-order valence-corrected chi connectivity index (χ3v) is 6.55. The van der Waals surface area contributed by atoms with Gasteiger partial charge in [0.25, 0.3) is 5.91 Å². The summed E-state index contributed by atoms with van der Waals surface area (Å²) in [6.07, 6.45) is 3.45. The number of benzene rings is 1. The Morgan fingerprint density at radius 1 is 1.33 bits per heavy atom. The van der Waals surface area contributed by atoms with Crippen LogP contribution in [0.1, 0.15) is 36.0 Å². The highest BCUT2D eigenvalue weighted by atomic mass is 35.5. The van der Waals surface area contributed by atoms with E-state index in [4.69, 9.17) is 16.3 Å². The van der Waals surface area contributed by atoms with Crippen molar-refractivity contribution >= 4 is 33.2 Å². The molecule has 6 nitrogen and oxygen atoms in total. The Hall–Kier alpha value is -1.31. The molecule has 2 fully saturated rings. The number of carbonyl (C=O) groups excluding carboxylic acids is 1. The highest BCUT2D eigenvalue weighted by Crippen LogP contribution is 2.28. The van der Waals surface area contributed by atoms with E-state index in [0.717, 1.165) is 25.9 Å². The van der Waals surface area contributed by atoms with Crippen LogP contribution in [0.3, 0.4) is 0 Å². The van der Waals surface area contributed by atoms with Crippen LogP contribution in [0.2, 0.25) is 5.02 Å². The lowest BCUT2D eigenvalue weighted by molar-refractivity contribution is 0.0858. The summed E-state index contributed by atoms with van der Waals surface area (Å²) in [7, 11) is -3.32. The van der Waals surface area contributed by atoms with E-state index in [9.17, 15) is 13.2 Å². The SMILES string of the molecule is O=C(NC[C@@H]1CCCO1)c1cc(N2CCCCS2(=O)=O)ccc1Cl. The molecule has 0 aliphatic carbocycles. The molecule has 0 spiro atoms. The summed E-state index contributed by atoms with van der Waals surface area (Å²) >= 11 is 6.14. The van der Waals surface area contributed by atoms with Crippen LogP contribution in [0.25, 0.3) is 0 Å². The lowest BCUT2D eigenvalue weighted by atomic mass is 10.1. The second-order valence-corrected chi connectivity index (χ2v) is 8.52. The minimum Gasteiger partial charge on any atom is -0.376 e. The highest BCUT2D eigenvalue weighted by molar-refractivity contribution is 7.92. The number of sulfonamides is 1. The number of carbonyl (C=O) groups is 1. The molecule has 2 saturated heterocycles. The highest BCUT2D eigenvalue weighted by Gasteiger charge is 2.27. The smallest absolute Gasteiger partial charge is 0.252 e. The van der Waals surface area contributed by atoms with Gasteiger partial charge in [-0.2, -0.15) is 0 Å². The maximum Gasteiger partial charge on any atom is 0.252 e. The molecule has 0 saturated carbocycles. The van der Waals surface area contributed by atoms with Crippen LogP contribution >= 0.6 is 11.6 Å². The zero-order valence-electron chi connectivity index (χ0n) is 13.3. The van der Waals surface area contributed by atoms with Gasteiger partial charge in [0.15, 0.2) is 0 Å². The second kappa shape index (κ2) is 7.29. The van der Waals surface area contributed by atoms with Gasteiger partial charge < -0.3 is 10.1 Å². The molecule has 3 rings (SSSR count). The van der Waals surface area contributed by atoms with E-state index in [2.05, 4.69) is 5.32 Å². The number of amides is 1. The fourth-order valence-corrected chi connectivity index (χ4v) is 4.86. The average Bonchev–Trinajstić information content (AvgIpc) is 3.06. The van der Waals surface area contributed by atoms with Crippen LogP contribution in [0.15, 0.2) is 18.2 Å². The van der Waals surface area contributed by atoms with E-state index in [-0.39, 0.29) is 23.3 Å². The Balaban J connectivity index is 1.76. The first-order chi connectivity index (χ1) is 11.5. The van der Waals surface area contributed by atoms with Gasteiger partial charge in [0.2, 0.25) is 10.0 Å². The number of rotatable bonds is 4. The van der Waals surface area contributed by atoms with Gasteiger partial charge in [-0.3, -0.25) is 9.10 Å². The average molecular weight is 373 g/mol. The molecule has 1 aromatic rings. The number of hydrogen-bond acceptors (Lipinski definition) is 4. The summed E-state index contributed by atoms with van der Waals surface area (Å²) in [5.41, 5.74) is 0.773. The molecule has 1 atom stereocenters. The van der Waals surface area contributed by atoms with Gasteiger partial charge >= 0.3 is 0 Å². The van der Waals surface area contributed by atoms with Crippen LogP contribution in [0, 0.1) is 0 Å². The van der Waals surface area contributed by atoms with Gasteiger partial charge in [-0.1, -0.05) is 11.6 Å². The molecule has 2 aliphatic rings. The van der Waals surface area contributed by atoms with Crippen molar-refractivity contribution in [1.29, 1.82) is 0 Å². The topological polar surface area (TPSA) is 75.7 Å². The van der Waals surface area contributed by atoms with Gasteiger partial charge in [-0.05, 0) is 43.9 Å². The minimum atomic E-state index is -3.32. The first-order valence-corrected chi connectivity index (χ1v) is 10.2. The Bertz CT molecular complexity index is 717. The lowest BCUT2D eigenvalue weighted by Crippen LogP contribution is -2.38. The number of anilines is 1. The summed E-state index contributed by atoms with van der Waals surface area (Å²) in [6.45, 7) is 1.59. The predicted octanol–water partition coefficient (Wildman–Crippen LogP) is 2.18. The fourth-order valence-electron chi connectivity index (χ4n) is 3.03. The Morgan fingerprint density at radius 2 is 2.17 bits per heavy atom.